The third-order valence-corrected chi connectivity index (χ3v) is 9.90. The van der Waals surface area contributed by atoms with Crippen LogP contribution in [0.2, 0.25) is 10.0 Å². The summed E-state index contributed by atoms with van der Waals surface area (Å²) in [4.78, 5) is 49.6. The summed E-state index contributed by atoms with van der Waals surface area (Å²) < 4.78 is 11.0. The van der Waals surface area contributed by atoms with Crippen LogP contribution < -0.4 is 16.0 Å². The van der Waals surface area contributed by atoms with Crippen molar-refractivity contribution in [3.05, 3.63) is 81.0 Å². The number of nitrogens with one attached hydrogen (secondary N) is 4. The van der Waals surface area contributed by atoms with Crippen LogP contribution >= 0.6 is 23.2 Å². The third-order valence-electron chi connectivity index (χ3n) is 9.39. The highest BCUT2D eigenvalue weighted by Crippen LogP contribution is 2.39. The second kappa shape index (κ2) is 15.0. The van der Waals surface area contributed by atoms with Crippen molar-refractivity contribution in [1.29, 1.82) is 0 Å². The summed E-state index contributed by atoms with van der Waals surface area (Å²) in [5, 5.41) is 14.6. The third kappa shape index (κ3) is 7.63. The van der Waals surface area contributed by atoms with E-state index >= 15 is 0 Å². The zero-order chi connectivity index (χ0) is 34.6. The number of benzene rings is 2. The van der Waals surface area contributed by atoms with Crippen molar-refractivity contribution >= 4 is 52.0 Å². The lowest BCUT2D eigenvalue weighted by Crippen LogP contribution is -2.65. The molecule has 0 saturated heterocycles. The molecular formula is C35H42Cl2N6O5. The Balaban J connectivity index is 1.47. The molecule has 1 aliphatic rings. The van der Waals surface area contributed by atoms with Crippen molar-refractivity contribution < 1.29 is 23.6 Å². The van der Waals surface area contributed by atoms with Gasteiger partial charge >= 0.3 is 6.09 Å². The molecule has 3 amide bonds. The van der Waals surface area contributed by atoms with Gasteiger partial charge in [-0.1, -0.05) is 99.2 Å². The van der Waals surface area contributed by atoms with Crippen molar-refractivity contribution in [2.75, 3.05) is 0 Å². The summed E-state index contributed by atoms with van der Waals surface area (Å²) in [6.07, 6.45) is 1.45. The Morgan fingerprint density at radius 1 is 1.06 bits per heavy atom. The van der Waals surface area contributed by atoms with E-state index in [0.717, 1.165) is 28.6 Å². The Bertz CT molecular complexity index is 1780. The zero-order valence-corrected chi connectivity index (χ0v) is 29.3. The molecule has 5 rings (SSSR count). The Labute approximate surface area is 289 Å². The minimum absolute atomic E-state index is 0.0501. The number of fused-ring (bicyclic) bond motifs is 3. The van der Waals surface area contributed by atoms with Crippen LogP contribution in [0, 0.1) is 18.8 Å². The highest BCUT2D eigenvalue weighted by Gasteiger charge is 2.47. The number of hydrogen-bond acceptors (Lipinski definition) is 7. The molecule has 0 fully saturated rings. The van der Waals surface area contributed by atoms with Crippen LogP contribution in [0.3, 0.4) is 0 Å². The van der Waals surface area contributed by atoms with Crippen molar-refractivity contribution in [2.45, 2.75) is 91.0 Å². The number of nitrogens with zero attached hydrogens (tertiary/aromatic N) is 2. The van der Waals surface area contributed by atoms with Crippen LogP contribution in [-0.4, -0.2) is 44.6 Å². The van der Waals surface area contributed by atoms with Gasteiger partial charge in [-0.05, 0) is 54.9 Å². The maximum atomic E-state index is 14.6. The van der Waals surface area contributed by atoms with E-state index in [4.69, 9.17) is 32.5 Å². The quantitative estimate of drug-likeness (QED) is 0.128. The van der Waals surface area contributed by atoms with Gasteiger partial charge in [0.2, 0.25) is 17.7 Å². The van der Waals surface area contributed by atoms with E-state index < -0.39 is 35.5 Å². The molecule has 0 aliphatic heterocycles. The first kappa shape index (κ1) is 35.2. The van der Waals surface area contributed by atoms with Gasteiger partial charge in [-0.3, -0.25) is 9.59 Å². The maximum Gasteiger partial charge on any atom is 0.408 e. The molecule has 0 spiro atoms. The first-order valence-corrected chi connectivity index (χ1v) is 17.1. The first-order chi connectivity index (χ1) is 22.9. The normalized spacial score (nSPS) is 18.3. The molecule has 2 aromatic carbocycles. The molecule has 13 heteroatoms. The number of hydrogen-bond donors (Lipinski definition) is 4. The number of ether oxygens (including phenoxy) is 1. The highest BCUT2D eigenvalue weighted by molar-refractivity contribution is 6.38. The number of H-pyrrole nitrogens is 1. The number of amides is 3. The van der Waals surface area contributed by atoms with Crippen LogP contribution in [0.15, 0.2) is 47.0 Å². The minimum Gasteiger partial charge on any atom is -0.445 e. The smallest absolute Gasteiger partial charge is 0.408 e. The number of carbonyl (C=O) groups excluding carboxylic acids is 3. The molecule has 256 valence electrons. The number of carbonyl (C=O) groups is 3. The van der Waals surface area contributed by atoms with Gasteiger partial charge in [0.15, 0.2) is 5.82 Å². The number of alkyl carbamates (subject to hydrolysis) is 1. The average molecular weight is 698 g/mol. The van der Waals surface area contributed by atoms with Gasteiger partial charge in [-0.15, -0.1) is 0 Å². The number of aryl methyl sites for hydroxylation is 2. The van der Waals surface area contributed by atoms with Crippen molar-refractivity contribution in [2.24, 2.45) is 11.8 Å². The van der Waals surface area contributed by atoms with Gasteiger partial charge in [0.1, 0.15) is 24.2 Å². The molecule has 0 bridgehead atoms. The lowest BCUT2D eigenvalue weighted by atomic mass is 9.78. The molecule has 5 atom stereocenters. The van der Waals surface area contributed by atoms with Crippen LogP contribution in [0.4, 0.5) is 4.79 Å². The summed E-state index contributed by atoms with van der Waals surface area (Å²) >= 11 is 13.0. The molecule has 4 N–H and O–H groups in total. The molecule has 4 aromatic rings. The van der Waals surface area contributed by atoms with Gasteiger partial charge < -0.3 is 30.2 Å². The summed E-state index contributed by atoms with van der Waals surface area (Å²) in [6, 6.07) is 11.2. The van der Waals surface area contributed by atoms with Crippen molar-refractivity contribution in [1.82, 2.24) is 31.1 Å². The topological polar surface area (TPSA) is 151 Å². The van der Waals surface area contributed by atoms with E-state index in [2.05, 4.69) is 31.1 Å². The largest absolute Gasteiger partial charge is 0.445 e. The SMILES string of the molecule is CCC(C)C(NC(=O)OCc1ccccc1)C(=O)N[C@@]1(C(=O)N[C@H](c2nc(C)no2)[C@@H](C)CC)CCc2[nH]c3c(Cl)cc(Cl)cc3c2C1. The molecule has 0 radical (unpaired) electrons. The van der Waals surface area contributed by atoms with E-state index in [1.165, 1.54) is 0 Å². The lowest BCUT2D eigenvalue weighted by Gasteiger charge is -2.39. The number of rotatable bonds is 12. The molecular weight excluding hydrogens is 655 g/mol. The molecule has 1 aliphatic carbocycles. The van der Waals surface area contributed by atoms with Gasteiger partial charge in [0.05, 0.1) is 10.5 Å². The van der Waals surface area contributed by atoms with Crippen LogP contribution in [-0.2, 0) is 33.8 Å². The van der Waals surface area contributed by atoms with Crippen LogP contribution in [0.1, 0.15) is 81.5 Å². The highest BCUT2D eigenvalue weighted by atomic mass is 35.5. The monoisotopic (exact) mass is 696 g/mol. The molecule has 0 saturated carbocycles. The predicted octanol–water partition coefficient (Wildman–Crippen LogP) is 6.75. The van der Waals surface area contributed by atoms with Gasteiger partial charge in [0, 0.05) is 22.5 Å². The van der Waals surface area contributed by atoms with Crippen LogP contribution in [0.25, 0.3) is 10.9 Å². The molecule has 48 heavy (non-hydrogen) atoms. The maximum absolute atomic E-state index is 14.6. The lowest BCUT2D eigenvalue weighted by molar-refractivity contribution is -0.136. The van der Waals surface area contributed by atoms with Crippen molar-refractivity contribution in [3.8, 4) is 0 Å². The first-order valence-electron chi connectivity index (χ1n) is 16.3. The molecule has 2 unspecified atom stereocenters. The van der Waals surface area contributed by atoms with E-state index in [1.54, 1.807) is 13.0 Å². The van der Waals surface area contributed by atoms with Gasteiger partial charge in [-0.2, -0.15) is 4.98 Å². The zero-order valence-electron chi connectivity index (χ0n) is 27.8. The Kier molecular flexibility index (Phi) is 11.0. The summed E-state index contributed by atoms with van der Waals surface area (Å²) in [5.41, 5.74) is 1.87. The molecule has 2 aromatic heterocycles. The fourth-order valence-corrected chi connectivity index (χ4v) is 6.68. The van der Waals surface area contributed by atoms with Gasteiger partial charge in [-0.25, -0.2) is 4.79 Å². The Morgan fingerprint density at radius 3 is 2.46 bits per heavy atom. The summed E-state index contributed by atoms with van der Waals surface area (Å²) in [5.74, 6) is -0.482. The second-order valence-corrected chi connectivity index (χ2v) is 13.6. The average Bonchev–Trinajstić information content (AvgIpc) is 3.67. The fraction of sp³-hybridized carbons (Fsp3) is 0.457. The predicted molar refractivity (Wildman–Crippen MR) is 184 cm³/mol. The summed E-state index contributed by atoms with van der Waals surface area (Å²) in [6.45, 7) is 9.56. The standard InChI is InChI=1S/C35H42Cl2N6O5/c1-6-19(3)28(41-34(46)47-18-22-11-9-8-10-12-22)31(44)42-35(33(45)40-29(20(4)7-2)32-38-21(5)43-48-32)14-13-27-25(17-35)24-15-23(36)16-26(37)30(24)39-27/h8-12,15-16,19-20,28-29,39H,6-7,13-14,17-18H2,1-5H3,(H,40,45)(H,41,46)(H,42,44)/t19?,20-,28?,29-,35-/m0/s1. The van der Waals surface area contributed by atoms with E-state index in [9.17, 15) is 14.4 Å². The van der Waals surface area contributed by atoms with E-state index in [1.807, 2.05) is 64.1 Å². The Morgan fingerprint density at radius 2 is 1.79 bits per heavy atom. The Hall–Kier alpha value is -4.09. The van der Waals surface area contributed by atoms with Gasteiger partial charge in [0.25, 0.3) is 0 Å². The van der Waals surface area contributed by atoms with E-state index in [0.29, 0.717) is 40.1 Å². The number of aromatic nitrogens is 3. The number of halogens is 2. The van der Waals surface area contributed by atoms with Crippen LogP contribution in [0.5, 0.6) is 0 Å². The molecule has 2 heterocycles. The molecule has 11 nitrogen and oxygen atoms in total. The van der Waals surface area contributed by atoms with Crippen molar-refractivity contribution in [3.63, 3.8) is 0 Å². The number of aromatic amines is 1. The summed E-state index contributed by atoms with van der Waals surface area (Å²) in [7, 11) is 0. The van der Waals surface area contributed by atoms with E-state index in [-0.39, 0.29) is 31.3 Å². The second-order valence-electron chi connectivity index (χ2n) is 12.7. The minimum atomic E-state index is -1.41. The fourth-order valence-electron chi connectivity index (χ4n) is 6.14.